The van der Waals surface area contributed by atoms with Crippen molar-refractivity contribution in [2.24, 2.45) is 5.92 Å². The number of ether oxygens (including phenoxy) is 3. The first-order chi connectivity index (χ1) is 15.4. The minimum atomic E-state index is -3.72. The van der Waals surface area contributed by atoms with E-state index in [1.165, 1.54) is 27.8 Å². The second-order valence-electron chi connectivity index (χ2n) is 7.45. The van der Waals surface area contributed by atoms with Gasteiger partial charge in [0.15, 0.2) is 18.1 Å². The van der Waals surface area contributed by atoms with E-state index in [0.29, 0.717) is 44.1 Å². The zero-order valence-corrected chi connectivity index (χ0v) is 19.0. The van der Waals surface area contributed by atoms with Crippen molar-refractivity contribution in [2.75, 3.05) is 32.9 Å². The summed E-state index contributed by atoms with van der Waals surface area (Å²) in [5.41, 5.74) is 0. The molecule has 3 heterocycles. The van der Waals surface area contributed by atoms with Crippen LogP contribution in [-0.2, 0) is 30.9 Å². The molecule has 2 aromatic rings. The fraction of sp³-hybridized carbons (Fsp3) is 0.429. The maximum Gasteiger partial charge on any atom is 0.309 e. The van der Waals surface area contributed by atoms with Gasteiger partial charge in [0.2, 0.25) is 10.0 Å². The molecule has 2 aliphatic rings. The number of nitrogens with zero attached hydrogens (tertiary/aromatic N) is 1. The molecule has 1 N–H and O–H groups in total. The van der Waals surface area contributed by atoms with E-state index in [4.69, 9.17) is 14.2 Å². The molecule has 172 valence electrons. The smallest absolute Gasteiger partial charge is 0.309 e. The summed E-state index contributed by atoms with van der Waals surface area (Å²) in [6, 6.07) is 8.36. The molecule has 0 unspecified atom stereocenters. The van der Waals surface area contributed by atoms with E-state index in [-0.39, 0.29) is 30.5 Å². The summed E-state index contributed by atoms with van der Waals surface area (Å²) in [4.78, 5) is 25.3. The van der Waals surface area contributed by atoms with Gasteiger partial charge in [0.25, 0.3) is 5.91 Å². The number of carbonyl (C=O) groups is 2. The molecule has 1 aromatic heterocycles. The zero-order valence-electron chi connectivity index (χ0n) is 17.3. The van der Waals surface area contributed by atoms with Crippen molar-refractivity contribution in [3.8, 4) is 11.5 Å². The Labute approximate surface area is 190 Å². The molecular weight excluding hydrogens is 456 g/mol. The van der Waals surface area contributed by atoms with Crippen molar-refractivity contribution in [1.82, 2.24) is 9.62 Å². The molecule has 0 bridgehead atoms. The topological polar surface area (TPSA) is 111 Å². The third kappa shape index (κ3) is 5.22. The van der Waals surface area contributed by atoms with Gasteiger partial charge in [-0.05, 0) is 36.4 Å². The van der Waals surface area contributed by atoms with Gasteiger partial charge in [-0.15, -0.1) is 11.3 Å². The minimum absolute atomic E-state index is 0.130. The van der Waals surface area contributed by atoms with Crippen molar-refractivity contribution >= 4 is 33.2 Å². The summed E-state index contributed by atoms with van der Waals surface area (Å²) in [5, 5.41) is 4.62. The summed E-state index contributed by atoms with van der Waals surface area (Å²) in [7, 11) is -3.72. The number of amides is 1. The summed E-state index contributed by atoms with van der Waals surface area (Å²) < 4.78 is 43.4. The van der Waals surface area contributed by atoms with Gasteiger partial charge in [-0.25, -0.2) is 8.42 Å². The minimum Gasteiger partial charge on any atom is -0.486 e. The van der Waals surface area contributed by atoms with E-state index in [9.17, 15) is 18.0 Å². The van der Waals surface area contributed by atoms with E-state index in [0.717, 1.165) is 4.88 Å². The normalized spacial score (nSPS) is 17.0. The maximum absolute atomic E-state index is 13.0. The van der Waals surface area contributed by atoms with Crippen LogP contribution in [0.4, 0.5) is 0 Å². The van der Waals surface area contributed by atoms with Crippen LogP contribution in [0.15, 0.2) is 40.6 Å². The first-order valence-electron chi connectivity index (χ1n) is 10.3. The Hall–Kier alpha value is -2.63. The fourth-order valence-corrected chi connectivity index (χ4v) is 5.70. The Balaban J connectivity index is 1.26. The number of carbonyl (C=O) groups excluding carboxylic acids is 2. The van der Waals surface area contributed by atoms with Crippen molar-refractivity contribution in [3.05, 3.63) is 40.6 Å². The Kier molecular flexibility index (Phi) is 6.97. The van der Waals surface area contributed by atoms with E-state index in [2.05, 4.69) is 5.32 Å². The molecule has 9 nitrogen and oxygen atoms in total. The predicted molar refractivity (Wildman–Crippen MR) is 116 cm³/mol. The molecular formula is C21H24N2O7S2. The van der Waals surface area contributed by atoms with Crippen molar-refractivity contribution in [2.45, 2.75) is 24.3 Å². The first-order valence-corrected chi connectivity index (χ1v) is 12.6. The molecule has 4 rings (SSSR count). The number of hydrogen-bond donors (Lipinski definition) is 1. The van der Waals surface area contributed by atoms with Crippen LogP contribution in [0.25, 0.3) is 0 Å². The van der Waals surface area contributed by atoms with E-state index in [1.54, 1.807) is 6.07 Å². The number of piperidine rings is 1. The summed E-state index contributed by atoms with van der Waals surface area (Å²) >= 11 is 1.53. The van der Waals surface area contributed by atoms with Crippen LogP contribution in [0.3, 0.4) is 0 Å². The number of benzene rings is 1. The maximum atomic E-state index is 13.0. The van der Waals surface area contributed by atoms with Gasteiger partial charge in [0.1, 0.15) is 13.2 Å². The van der Waals surface area contributed by atoms with Crippen LogP contribution in [0.2, 0.25) is 0 Å². The van der Waals surface area contributed by atoms with Gasteiger partial charge < -0.3 is 19.5 Å². The summed E-state index contributed by atoms with van der Waals surface area (Å²) in [6.45, 7) is 1.24. The van der Waals surface area contributed by atoms with Crippen LogP contribution in [-0.4, -0.2) is 57.5 Å². The number of fused-ring (bicyclic) bond motifs is 1. The van der Waals surface area contributed by atoms with Gasteiger partial charge in [0.05, 0.1) is 17.4 Å². The lowest BCUT2D eigenvalue weighted by Crippen LogP contribution is -2.41. The molecule has 1 amide bonds. The Morgan fingerprint density at radius 3 is 2.59 bits per heavy atom. The lowest BCUT2D eigenvalue weighted by atomic mass is 9.98. The molecule has 0 radical (unpaired) electrons. The largest absolute Gasteiger partial charge is 0.486 e. The zero-order chi connectivity index (χ0) is 22.6. The van der Waals surface area contributed by atoms with Gasteiger partial charge >= 0.3 is 5.97 Å². The van der Waals surface area contributed by atoms with Crippen LogP contribution >= 0.6 is 11.3 Å². The average molecular weight is 481 g/mol. The highest BCUT2D eigenvalue weighted by Crippen LogP contribution is 2.34. The van der Waals surface area contributed by atoms with Crippen LogP contribution in [0.1, 0.15) is 17.7 Å². The molecule has 1 fully saturated rings. The molecule has 0 saturated carbocycles. The van der Waals surface area contributed by atoms with Crippen molar-refractivity contribution in [1.29, 1.82) is 0 Å². The molecule has 11 heteroatoms. The highest BCUT2D eigenvalue weighted by atomic mass is 32.2. The molecule has 0 atom stereocenters. The third-order valence-corrected chi connectivity index (χ3v) is 8.10. The summed E-state index contributed by atoms with van der Waals surface area (Å²) in [6.07, 6.45) is 0.666. The number of thiophene rings is 1. The van der Waals surface area contributed by atoms with Gasteiger partial charge in [0, 0.05) is 24.0 Å². The molecule has 1 saturated heterocycles. The van der Waals surface area contributed by atoms with Crippen molar-refractivity contribution < 1.29 is 32.2 Å². The van der Waals surface area contributed by atoms with Gasteiger partial charge in [-0.2, -0.15) is 4.31 Å². The van der Waals surface area contributed by atoms with E-state index >= 15 is 0 Å². The first kappa shape index (κ1) is 22.6. The van der Waals surface area contributed by atoms with Gasteiger partial charge in [-0.1, -0.05) is 6.07 Å². The Morgan fingerprint density at radius 1 is 1.12 bits per heavy atom. The Bertz CT molecular complexity index is 1060. The molecule has 2 aliphatic heterocycles. The van der Waals surface area contributed by atoms with Crippen molar-refractivity contribution in [3.63, 3.8) is 0 Å². The van der Waals surface area contributed by atoms with Crippen LogP contribution in [0, 0.1) is 5.92 Å². The fourth-order valence-electron chi connectivity index (χ4n) is 3.57. The molecule has 32 heavy (non-hydrogen) atoms. The molecule has 0 aliphatic carbocycles. The number of rotatable bonds is 7. The SMILES string of the molecule is O=C(COC(=O)C1CCN(S(=O)(=O)c2ccc3c(c2)OCCO3)CC1)NCc1cccs1. The standard InChI is InChI=1S/C21H24N2O7S2/c24-20(22-13-16-2-1-11-31-16)14-30-21(25)15-5-7-23(8-6-15)32(26,27)17-3-4-18-19(12-17)29-10-9-28-18/h1-4,11-12,15H,5-10,13-14H2,(H,22,24). The highest BCUT2D eigenvalue weighted by molar-refractivity contribution is 7.89. The lowest BCUT2D eigenvalue weighted by molar-refractivity contribution is -0.153. The molecule has 1 aromatic carbocycles. The van der Waals surface area contributed by atoms with Crippen LogP contribution < -0.4 is 14.8 Å². The average Bonchev–Trinajstić information content (AvgIpc) is 3.34. The summed E-state index contributed by atoms with van der Waals surface area (Å²) in [5.74, 6) is -0.353. The van der Waals surface area contributed by atoms with E-state index < -0.39 is 21.9 Å². The van der Waals surface area contributed by atoms with E-state index in [1.807, 2.05) is 17.5 Å². The second-order valence-corrected chi connectivity index (χ2v) is 10.4. The van der Waals surface area contributed by atoms with Gasteiger partial charge in [-0.3, -0.25) is 9.59 Å². The Morgan fingerprint density at radius 2 is 1.88 bits per heavy atom. The number of nitrogens with one attached hydrogen (secondary N) is 1. The van der Waals surface area contributed by atoms with Crippen LogP contribution in [0.5, 0.6) is 11.5 Å². The quantitative estimate of drug-likeness (QED) is 0.602. The second kappa shape index (κ2) is 9.88. The monoisotopic (exact) mass is 480 g/mol. The molecule has 0 spiro atoms. The predicted octanol–water partition coefficient (Wildman–Crippen LogP) is 1.78. The number of esters is 1. The number of hydrogen-bond acceptors (Lipinski definition) is 8. The lowest BCUT2D eigenvalue weighted by Gasteiger charge is -2.30. The third-order valence-electron chi connectivity index (χ3n) is 5.32. The number of sulfonamides is 1. The highest BCUT2D eigenvalue weighted by Gasteiger charge is 2.33.